The number of aliphatic hydroxyl groups excluding tert-OH is 1. The van der Waals surface area contributed by atoms with Crippen LogP contribution in [0.25, 0.3) is 10.9 Å². The first-order valence-corrected chi connectivity index (χ1v) is 7.05. The summed E-state index contributed by atoms with van der Waals surface area (Å²) in [6.07, 6.45) is 1.68. The van der Waals surface area contributed by atoms with Crippen molar-refractivity contribution in [1.29, 1.82) is 0 Å². The fourth-order valence-corrected chi connectivity index (χ4v) is 2.36. The van der Waals surface area contributed by atoms with E-state index >= 15 is 0 Å². The maximum Gasteiger partial charge on any atom is 0.237 e. The molecule has 2 rings (SSSR count). The third kappa shape index (κ3) is 2.60. The molecule has 0 aliphatic rings. The van der Waals surface area contributed by atoms with E-state index < -0.39 is 21.9 Å². The number of nitrogens with one attached hydrogen (secondary N) is 1. The summed E-state index contributed by atoms with van der Waals surface area (Å²) in [4.78, 5) is 4.15. The Kier molecular flexibility index (Phi) is 3.49. The Hall–Kier alpha value is -1.66. The first-order chi connectivity index (χ1) is 8.53. The van der Waals surface area contributed by atoms with Gasteiger partial charge in [-0.05, 0) is 31.2 Å². The van der Waals surface area contributed by atoms with Gasteiger partial charge in [-0.15, -0.1) is 0 Å². The number of rotatable bonds is 4. The molecule has 0 aliphatic heterocycles. The van der Waals surface area contributed by atoms with E-state index in [4.69, 9.17) is 5.11 Å². The molecule has 0 amide bonds. The Morgan fingerprint density at radius 2 is 2.17 bits per heavy atom. The van der Waals surface area contributed by atoms with Crippen LogP contribution in [0.15, 0.2) is 36.5 Å². The summed E-state index contributed by atoms with van der Waals surface area (Å²) >= 11 is 0. The highest BCUT2D eigenvalue weighted by atomic mass is 32.2. The van der Waals surface area contributed by atoms with Gasteiger partial charge in [0.05, 0.1) is 12.1 Å². The highest BCUT2D eigenvalue weighted by Gasteiger charge is 2.19. The van der Waals surface area contributed by atoms with E-state index in [0.717, 1.165) is 10.9 Å². The summed E-state index contributed by atoms with van der Waals surface area (Å²) in [7, 11) is -3.55. The molecule has 1 atom stereocenters. The molecule has 0 spiro atoms. The van der Waals surface area contributed by atoms with Gasteiger partial charge in [-0.2, -0.15) is 0 Å². The van der Waals surface area contributed by atoms with Crippen LogP contribution in [0, 0.1) is 0 Å². The smallest absolute Gasteiger partial charge is 0.237 e. The van der Waals surface area contributed by atoms with Crippen molar-refractivity contribution >= 4 is 26.6 Å². The van der Waals surface area contributed by atoms with Crippen LogP contribution >= 0.6 is 0 Å². The Morgan fingerprint density at radius 3 is 2.89 bits per heavy atom. The Morgan fingerprint density at radius 1 is 1.39 bits per heavy atom. The van der Waals surface area contributed by atoms with Crippen molar-refractivity contribution in [2.75, 3.05) is 11.3 Å². The number of aromatic nitrogens is 1. The first-order valence-electron chi connectivity index (χ1n) is 5.50. The second-order valence-corrected chi connectivity index (χ2v) is 6.15. The zero-order valence-electron chi connectivity index (χ0n) is 9.87. The van der Waals surface area contributed by atoms with E-state index in [1.165, 1.54) is 6.92 Å². The zero-order valence-corrected chi connectivity index (χ0v) is 10.7. The van der Waals surface area contributed by atoms with Crippen LogP contribution in [0.4, 0.5) is 5.69 Å². The molecular weight excluding hydrogens is 252 g/mol. The van der Waals surface area contributed by atoms with Gasteiger partial charge in [0.1, 0.15) is 5.25 Å². The SMILES string of the molecule is CC(CO)S(=O)(=O)Nc1ccc2ncccc2c1. The van der Waals surface area contributed by atoms with Gasteiger partial charge in [0, 0.05) is 17.3 Å². The van der Waals surface area contributed by atoms with Gasteiger partial charge in [0.15, 0.2) is 0 Å². The molecule has 1 unspecified atom stereocenters. The fourth-order valence-electron chi connectivity index (χ4n) is 1.50. The van der Waals surface area contributed by atoms with Crippen LogP contribution < -0.4 is 4.72 Å². The Bertz CT molecular complexity index is 655. The zero-order chi connectivity index (χ0) is 13.2. The van der Waals surface area contributed by atoms with Crippen LogP contribution in [0.3, 0.4) is 0 Å². The van der Waals surface area contributed by atoms with Crippen molar-refractivity contribution in [3.8, 4) is 0 Å². The summed E-state index contributed by atoms with van der Waals surface area (Å²) < 4.78 is 26.0. The fraction of sp³-hybridized carbons (Fsp3) is 0.250. The minimum atomic E-state index is -3.55. The third-order valence-electron chi connectivity index (χ3n) is 2.65. The lowest BCUT2D eigenvalue weighted by molar-refractivity contribution is 0.296. The molecule has 5 nitrogen and oxygen atoms in total. The molecule has 0 saturated carbocycles. The second-order valence-electron chi connectivity index (χ2n) is 4.05. The number of hydrogen-bond acceptors (Lipinski definition) is 4. The number of nitrogens with zero attached hydrogens (tertiary/aromatic N) is 1. The molecule has 1 aromatic carbocycles. The lowest BCUT2D eigenvalue weighted by Gasteiger charge is -2.12. The van der Waals surface area contributed by atoms with Crippen LogP contribution in [-0.4, -0.2) is 30.4 Å². The number of anilines is 1. The van der Waals surface area contributed by atoms with Crippen LogP contribution in [0.5, 0.6) is 0 Å². The summed E-state index contributed by atoms with van der Waals surface area (Å²) in [5.41, 5.74) is 1.27. The van der Waals surface area contributed by atoms with Crippen LogP contribution in [-0.2, 0) is 10.0 Å². The van der Waals surface area contributed by atoms with Gasteiger partial charge in [-0.3, -0.25) is 9.71 Å². The van der Waals surface area contributed by atoms with E-state index in [2.05, 4.69) is 9.71 Å². The van der Waals surface area contributed by atoms with Crippen molar-refractivity contribution in [3.05, 3.63) is 36.5 Å². The number of aliphatic hydroxyl groups is 1. The molecule has 0 aliphatic carbocycles. The highest BCUT2D eigenvalue weighted by molar-refractivity contribution is 7.93. The largest absolute Gasteiger partial charge is 0.395 e. The highest BCUT2D eigenvalue weighted by Crippen LogP contribution is 2.18. The molecule has 0 fully saturated rings. The van der Waals surface area contributed by atoms with Crippen molar-refractivity contribution in [3.63, 3.8) is 0 Å². The topological polar surface area (TPSA) is 79.3 Å². The molecular formula is C12H14N2O3S. The third-order valence-corrected chi connectivity index (χ3v) is 4.38. The molecule has 0 bridgehead atoms. The maximum absolute atomic E-state index is 11.8. The van der Waals surface area contributed by atoms with Gasteiger partial charge in [-0.1, -0.05) is 6.07 Å². The number of sulfonamides is 1. The summed E-state index contributed by atoms with van der Waals surface area (Å²) in [5.74, 6) is 0. The van der Waals surface area contributed by atoms with Crippen LogP contribution in [0.2, 0.25) is 0 Å². The molecule has 18 heavy (non-hydrogen) atoms. The number of fused-ring (bicyclic) bond motifs is 1. The summed E-state index contributed by atoms with van der Waals surface area (Å²) in [6, 6.07) is 8.75. The van der Waals surface area contributed by atoms with E-state index in [1.807, 2.05) is 6.07 Å². The molecule has 0 radical (unpaired) electrons. The first kappa shape index (κ1) is 12.8. The van der Waals surface area contributed by atoms with E-state index in [1.54, 1.807) is 30.5 Å². The minimum absolute atomic E-state index is 0.412. The lowest BCUT2D eigenvalue weighted by Crippen LogP contribution is -2.28. The number of hydrogen-bond donors (Lipinski definition) is 2. The van der Waals surface area contributed by atoms with E-state index in [9.17, 15) is 8.42 Å². The van der Waals surface area contributed by atoms with E-state index in [0.29, 0.717) is 5.69 Å². The van der Waals surface area contributed by atoms with Crippen molar-refractivity contribution in [2.45, 2.75) is 12.2 Å². The second kappa shape index (κ2) is 4.91. The average Bonchev–Trinajstić information content (AvgIpc) is 2.37. The van der Waals surface area contributed by atoms with Gasteiger partial charge in [-0.25, -0.2) is 8.42 Å². The van der Waals surface area contributed by atoms with Gasteiger partial charge < -0.3 is 5.11 Å². The van der Waals surface area contributed by atoms with Gasteiger partial charge >= 0.3 is 0 Å². The summed E-state index contributed by atoms with van der Waals surface area (Å²) in [6.45, 7) is 1.04. The number of benzene rings is 1. The van der Waals surface area contributed by atoms with Crippen molar-refractivity contribution < 1.29 is 13.5 Å². The van der Waals surface area contributed by atoms with E-state index in [-0.39, 0.29) is 0 Å². The Balaban J connectivity index is 2.33. The maximum atomic E-state index is 11.8. The van der Waals surface area contributed by atoms with Crippen LogP contribution in [0.1, 0.15) is 6.92 Å². The molecule has 1 heterocycles. The minimum Gasteiger partial charge on any atom is -0.395 e. The average molecular weight is 266 g/mol. The molecule has 2 aromatic rings. The van der Waals surface area contributed by atoms with Gasteiger partial charge in [0.25, 0.3) is 0 Å². The predicted molar refractivity (Wildman–Crippen MR) is 70.8 cm³/mol. The Labute approximate surface area is 106 Å². The normalized spacial score (nSPS) is 13.4. The predicted octanol–water partition coefficient (Wildman–Crippen LogP) is 1.36. The van der Waals surface area contributed by atoms with Gasteiger partial charge in [0.2, 0.25) is 10.0 Å². The number of pyridine rings is 1. The van der Waals surface area contributed by atoms with Crippen molar-refractivity contribution in [2.24, 2.45) is 0 Å². The molecule has 1 aromatic heterocycles. The molecule has 2 N–H and O–H groups in total. The molecule has 6 heteroatoms. The standard InChI is InChI=1S/C12H14N2O3S/c1-9(8-15)18(16,17)14-11-4-5-12-10(7-11)3-2-6-13-12/h2-7,9,14-15H,8H2,1H3. The summed E-state index contributed by atoms with van der Waals surface area (Å²) in [5, 5.41) is 8.90. The monoisotopic (exact) mass is 266 g/mol. The molecule has 96 valence electrons. The lowest BCUT2D eigenvalue weighted by atomic mass is 10.2. The quantitative estimate of drug-likeness (QED) is 0.875. The van der Waals surface area contributed by atoms with Crippen molar-refractivity contribution in [1.82, 2.24) is 4.98 Å². The molecule has 0 saturated heterocycles.